The Labute approximate surface area is 698 Å². The van der Waals surface area contributed by atoms with E-state index in [1.165, 1.54) is 24.3 Å². The molecule has 0 aromatic heterocycles. The van der Waals surface area contributed by atoms with Gasteiger partial charge in [-0.2, -0.15) is 0 Å². The van der Waals surface area contributed by atoms with Crippen molar-refractivity contribution in [2.45, 2.75) is 212 Å². The Morgan fingerprint density at radius 3 is 1.22 bits per heavy atom. The van der Waals surface area contributed by atoms with Crippen LogP contribution < -0.4 is 41.4 Å². The van der Waals surface area contributed by atoms with E-state index in [0.717, 1.165) is 70.6 Å². The summed E-state index contributed by atoms with van der Waals surface area (Å²) >= 11 is 0. The summed E-state index contributed by atoms with van der Waals surface area (Å²) in [6, 6.07) is 11.0. The van der Waals surface area contributed by atoms with Gasteiger partial charge >= 0.3 is 29.8 Å². The third-order valence-electron chi connectivity index (χ3n) is 18.1. The van der Waals surface area contributed by atoms with Crippen molar-refractivity contribution in [2.75, 3.05) is 152 Å². The van der Waals surface area contributed by atoms with Crippen molar-refractivity contribution in [1.82, 2.24) is 31.9 Å². The van der Waals surface area contributed by atoms with Gasteiger partial charge < -0.3 is 105 Å². The van der Waals surface area contributed by atoms with Gasteiger partial charge in [0.05, 0.1) is 108 Å². The lowest BCUT2D eigenvalue weighted by Gasteiger charge is -2.16. The Morgan fingerprint density at radius 2 is 0.739 bits per heavy atom. The van der Waals surface area contributed by atoms with Gasteiger partial charge in [-0.1, -0.05) is 65.2 Å². The number of benzene rings is 2. The number of likely N-dealkylation sites (N-methyl/N-ethyl adjacent to an activating group) is 1. The zero-order valence-corrected chi connectivity index (χ0v) is 70.0. The van der Waals surface area contributed by atoms with Crippen LogP contribution in [-0.2, 0) is 95.4 Å². The number of ketones is 4. The van der Waals surface area contributed by atoms with Gasteiger partial charge in [-0.3, -0.25) is 52.7 Å². The van der Waals surface area contributed by atoms with Crippen molar-refractivity contribution in [2.24, 2.45) is 11.8 Å². The minimum atomic E-state index is -1.20. The standard InChI is InChI=1S/C47H76N4O16.C37H58N2O13/c1-3-12-39(48-2)41(53)23-18-35(45(57)58)13-8-9-24-49-43(55)33-66-32-30-64-28-25-50-44(56)34-65-31-29-63-26-11-14-37(52)19-22-40(47(61)62)51-42(54)15-7-5-4-6-10-27-67-38-20-16-36(17-21-38)46(59)60;1-2-17-38-35(43)28-51-25-22-48-19-8-10-32(41)27-50-24-23-49-21-18-39-34(42)16-13-30(37(46)47)26-31(40)9-6-4-3-5-7-20-52-33-14-11-29(12-15-33)36(44)45/h16-17,20-21,35,39-40,48H,3-15,18-19,22-34H2,1-2H3,(H,49,55)(H,50,56)(H,51,54)(H,57,58)(H,59,60)(H,61,62);11-12,14-15,30H,2-10,13,16-28H2,1H3,(H,38,43)(H,39,42)(H,44,45)(H,46,47)/t35-,39+,40+;30-/m11/s1. The highest BCUT2D eigenvalue weighted by molar-refractivity contribution is 5.89. The smallest absolute Gasteiger partial charge is 0.335 e. The molecule has 0 saturated carbocycles. The van der Waals surface area contributed by atoms with Crippen LogP contribution in [0.15, 0.2) is 48.5 Å². The monoisotopic (exact) mass is 1690 g/mol. The highest BCUT2D eigenvalue weighted by Gasteiger charge is 2.25. The van der Waals surface area contributed by atoms with Gasteiger partial charge in [0.2, 0.25) is 29.5 Å². The third kappa shape index (κ3) is 62.8. The van der Waals surface area contributed by atoms with Gasteiger partial charge in [-0.05, 0) is 139 Å². The summed E-state index contributed by atoms with van der Waals surface area (Å²) < 4.78 is 54.0. The first kappa shape index (κ1) is 108. The van der Waals surface area contributed by atoms with Crippen LogP contribution in [0.5, 0.6) is 11.5 Å². The topological polar surface area (TPSA) is 505 Å². The highest BCUT2D eigenvalue weighted by atomic mass is 16.5. The van der Waals surface area contributed by atoms with Crippen LogP contribution in [0.4, 0.5) is 0 Å². The number of carbonyl (C=O) groups excluding carboxylic acids is 9. The molecule has 0 aliphatic carbocycles. The number of ether oxygens (including phenoxy) is 10. The number of aliphatic carboxylic acids is 3. The molecular weight excluding hydrogens is 1560 g/mol. The SMILES string of the molecule is CCCNC(=O)COCCOCCCC(=O)COCCOCCNC(=O)CC[C@H](CC(=O)CCCCCCCOc1ccc(C(=O)O)cc1)C(=O)O.CCC[C@H](NC)C(=O)CC[C@@H](CCCCNC(=O)COCCOCCNC(=O)COCCOCCCC(=O)CC[C@H](NC(=O)CCCCCCCOc1ccc(C(=O)O)cc1)C(=O)O)C(=O)O. The van der Waals surface area contributed by atoms with E-state index in [4.69, 9.17) is 57.6 Å². The molecule has 0 unspecified atom stereocenters. The summed E-state index contributed by atoms with van der Waals surface area (Å²) in [6.07, 6.45) is 14.6. The lowest BCUT2D eigenvalue weighted by atomic mass is 9.93. The summed E-state index contributed by atoms with van der Waals surface area (Å²) in [5.74, 6) is -7.29. The molecule has 4 atom stereocenters. The molecule has 0 spiro atoms. The van der Waals surface area contributed by atoms with Gasteiger partial charge in [-0.25, -0.2) is 14.4 Å². The number of nitrogens with one attached hydrogen (secondary N) is 6. The Bertz CT molecular complexity index is 3180. The first-order valence-electron chi connectivity index (χ1n) is 41.7. The highest BCUT2D eigenvalue weighted by Crippen LogP contribution is 2.20. The van der Waals surface area contributed by atoms with Crippen LogP contribution >= 0.6 is 0 Å². The lowest BCUT2D eigenvalue weighted by Crippen LogP contribution is -2.41. The fourth-order valence-electron chi connectivity index (χ4n) is 11.4. The maximum Gasteiger partial charge on any atom is 0.335 e. The molecule has 35 nitrogen and oxygen atoms in total. The van der Waals surface area contributed by atoms with Gasteiger partial charge in [0.15, 0.2) is 5.78 Å². The number of carboxylic acids is 5. The molecule has 11 N–H and O–H groups in total. The molecule has 0 fully saturated rings. The van der Waals surface area contributed by atoms with E-state index in [0.29, 0.717) is 122 Å². The molecule has 0 heterocycles. The molecule has 0 aliphatic heterocycles. The quantitative estimate of drug-likeness (QED) is 0.0289. The lowest BCUT2D eigenvalue weighted by molar-refractivity contribution is -0.144. The second-order valence-corrected chi connectivity index (χ2v) is 28.2. The zero-order valence-electron chi connectivity index (χ0n) is 70.0. The zero-order chi connectivity index (χ0) is 87.7. The predicted octanol–water partition coefficient (Wildman–Crippen LogP) is 7.31. The fraction of sp³-hybridized carbons (Fsp3) is 0.690. The number of Topliss-reactive ketones (excluding diaryl/α,β-unsaturated/α-hetero) is 4. The molecule has 0 bridgehead atoms. The average molecular weight is 1690 g/mol. The number of unbranched alkanes of at least 4 members (excludes halogenated alkanes) is 9. The van der Waals surface area contributed by atoms with Gasteiger partial charge in [0, 0.05) is 90.8 Å². The molecule has 0 saturated heterocycles. The maximum absolute atomic E-state index is 12.4. The van der Waals surface area contributed by atoms with Gasteiger partial charge in [0.25, 0.3) is 0 Å². The van der Waals surface area contributed by atoms with E-state index in [2.05, 4.69) is 31.9 Å². The summed E-state index contributed by atoms with van der Waals surface area (Å²) in [5.41, 5.74) is 0.394. The number of carboxylic acid groups (broad SMARTS) is 5. The molecule has 0 aliphatic rings. The largest absolute Gasteiger partial charge is 0.494 e. The number of hydrogen-bond donors (Lipinski definition) is 11. The Morgan fingerprint density at radius 1 is 0.311 bits per heavy atom. The summed E-state index contributed by atoms with van der Waals surface area (Å²) in [5, 5.41) is 62.7. The van der Waals surface area contributed by atoms with E-state index in [1.54, 1.807) is 31.3 Å². The fourth-order valence-corrected chi connectivity index (χ4v) is 11.4. The molecule has 2 rings (SSSR count). The minimum absolute atomic E-state index is 0.00111. The number of hydrogen-bond acceptors (Lipinski definition) is 25. The van der Waals surface area contributed by atoms with Crippen LogP contribution in [-0.4, -0.2) is 272 Å². The Hall–Kier alpha value is -8.94. The normalized spacial score (nSPS) is 12.0. The van der Waals surface area contributed by atoms with E-state index in [9.17, 15) is 82.4 Å². The number of amides is 5. The second kappa shape index (κ2) is 73.0. The van der Waals surface area contributed by atoms with Crippen molar-refractivity contribution in [3.8, 4) is 11.5 Å². The Balaban J connectivity index is 0.00000123. The molecule has 2 aromatic carbocycles. The first-order chi connectivity index (χ1) is 57.4. The summed E-state index contributed by atoms with van der Waals surface area (Å²) in [7, 11) is 1.73. The van der Waals surface area contributed by atoms with Crippen molar-refractivity contribution >= 4 is 82.5 Å². The molecule has 674 valence electrons. The van der Waals surface area contributed by atoms with E-state index in [1.807, 2.05) is 13.8 Å². The molecule has 119 heavy (non-hydrogen) atoms. The van der Waals surface area contributed by atoms with Crippen LogP contribution in [0.3, 0.4) is 0 Å². The van der Waals surface area contributed by atoms with Crippen molar-refractivity contribution in [3.05, 3.63) is 59.7 Å². The third-order valence-corrected chi connectivity index (χ3v) is 18.1. The molecule has 2 aromatic rings. The van der Waals surface area contributed by atoms with E-state index in [-0.39, 0.29) is 220 Å². The van der Waals surface area contributed by atoms with Crippen molar-refractivity contribution < 1.29 is 140 Å². The number of carbonyl (C=O) groups is 14. The Kier molecular flexibility index (Phi) is 66.3. The second-order valence-electron chi connectivity index (χ2n) is 28.2. The molecule has 0 radical (unpaired) electrons. The van der Waals surface area contributed by atoms with Gasteiger partial charge in [-0.15, -0.1) is 0 Å². The average Bonchev–Trinajstić information content (AvgIpc) is 0.901. The summed E-state index contributed by atoms with van der Waals surface area (Å²) in [4.78, 5) is 166. The van der Waals surface area contributed by atoms with Crippen LogP contribution in [0.2, 0.25) is 0 Å². The van der Waals surface area contributed by atoms with Crippen LogP contribution in [0.1, 0.15) is 221 Å². The van der Waals surface area contributed by atoms with E-state index < -0.39 is 47.7 Å². The maximum atomic E-state index is 12.4. The van der Waals surface area contributed by atoms with E-state index >= 15 is 0 Å². The van der Waals surface area contributed by atoms with Gasteiger partial charge in [0.1, 0.15) is 61.3 Å². The predicted molar refractivity (Wildman–Crippen MR) is 436 cm³/mol. The number of rotatable bonds is 80. The first-order valence-corrected chi connectivity index (χ1v) is 41.7. The summed E-state index contributed by atoms with van der Waals surface area (Å²) in [6.45, 7) is 9.10. The minimum Gasteiger partial charge on any atom is -0.494 e. The van der Waals surface area contributed by atoms with Crippen LogP contribution in [0, 0.1) is 11.8 Å². The van der Waals surface area contributed by atoms with Crippen molar-refractivity contribution in [3.63, 3.8) is 0 Å². The molecule has 35 heteroatoms. The molecular formula is C84H134N6O29. The number of aromatic carboxylic acids is 2. The van der Waals surface area contributed by atoms with Crippen LogP contribution in [0.25, 0.3) is 0 Å². The van der Waals surface area contributed by atoms with Crippen molar-refractivity contribution in [1.29, 1.82) is 0 Å². The molecule has 5 amide bonds.